The molecule has 2 amide bonds. The van der Waals surface area contributed by atoms with Crippen LogP contribution in [0, 0.1) is 6.92 Å². The van der Waals surface area contributed by atoms with Crippen LogP contribution in [0.25, 0.3) is 0 Å². The molecule has 0 bridgehead atoms. The Kier molecular flexibility index (Phi) is 6.88. The van der Waals surface area contributed by atoms with Crippen LogP contribution >= 0.6 is 11.6 Å². The molecule has 0 spiro atoms. The lowest BCUT2D eigenvalue weighted by molar-refractivity contribution is -0.240. The highest BCUT2D eigenvalue weighted by Gasteiger charge is 2.18. The first-order valence-corrected chi connectivity index (χ1v) is 6.96. The van der Waals surface area contributed by atoms with Crippen molar-refractivity contribution in [3.8, 4) is 0 Å². The van der Waals surface area contributed by atoms with Crippen molar-refractivity contribution in [3.05, 3.63) is 41.2 Å². The molecule has 0 aliphatic heterocycles. The highest BCUT2D eigenvalue weighted by atomic mass is 35.5. The van der Waals surface area contributed by atoms with Gasteiger partial charge in [0, 0.05) is 23.7 Å². The zero-order chi connectivity index (χ0) is 16.7. The molecule has 7 heteroatoms. The Morgan fingerprint density at radius 3 is 2.64 bits per heavy atom. The Bertz CT molecular complexity index is 575. The van der Waals surface area contributed by atoms with Crippen LogP contribution in [0.3, 0.4) is 0 Å². The van der Waals surface area contributed by atoms with Crippen molar-refractivity contribution in [1.29, 1.82) is 0 Å². The third kappa shape index (κ3) is 5.38. The number of hydrogen-bond acceptors (Lipinski definition) is 4. The van der Waals surface area contributed by atoms with Crippen molar-refractivity contribution in [3.63, 3.8) is 0 Å². The molecule has 0 atom stereocenters. The van der Waals surface area contributed by atoms with Crippen LogP contribution in [-0.4, -0.2) is 25.5 Å². The topological polar surface area (TPSA) is 67.9 Å². The average molecular weight is 327 g/mol. The minimum Gasteiger partial charge on any atom is -0.320 e. The van der Waals surface area contributed by atoms with Crippen LogP contribution < -0.4 is 10.2 Å². The molecule has 0 saturated heterocycles. The number of aryl methyl sites for hydroxylation is 1. The first-order chi connectivity index (χ1) is 10.3. The van der Waals surface area contributed by atoms with Gasteiger partial charge in [-0.25, -0.2) is 4.79 Å². The summed E-state index contributed by atoms with van der Waals surface area (Å²) in [5.74, 6) is -0.0819. The van der Waals surface area contributed by atoms with E-state index < -0.39 is 6.03 Å². The number of nitrogens with zero attached hydrogens (tertiary/aromatic N) is 1. The first-order valence-electron chi connectivity index (χ1n) is 6.58. The monoisotopic (exact) mass is 326 g/mol. The molecule has 120 valence electrons. The number of halogens is 1. The molecule has 22 heavy (non-hydrogen) atoms. The lowest BCUT2D eigenvalue weighted by Crippen LogP contribution is -2.41. The van der Waals surface area contributed by atoms with E-state index >= 15 is 0 Å². The lowest BCUT2D eigenvalue weighted by Gasteiger charge is -2.23. The molecule has 1 aromatic rings. The Morgan fingerprint density at radius 2 is 2.09 bits per heavy atom. The molecule has 0 aromatic heterocycles. The van der Waals surface area contributed by atoms with Gasteiger partial charge in [0.1, 0.15) is 5.78 Å². The highest BCUT2D eigenvalue weighted by Crippen LogP contribution is 2.23. The van der Waals surface area contributed by atoms with E-state index in [1.165, 1.54) is 18.9 Å². The van der Waals surface area contributed by atoms with Gasteiger partial charge >= 0.3 is 6.03 Å². The second-order valence-electron chi connectivity index (χ2n) is 4.64. The van der Waals surface area contributed by atoms with Crippen LogP contribution in [0.15, 0.2) is 30.7 Å². The summed E-state index contributed by atoms with van der Waals surface area (Å²) in [4.78, 5) is 33.9. The van der Waals surface area contributed by atoms with Gasteiger partial charge in [-0.05, 0) is 38.1 Å². The normalized spacial score (nSPS) is 10.0. The first kappa shape index (κ1) is 18.0. The number of rotatable bonds is 7. The minimum absolute atomic E-state index is 0.0250. The van der Waals surface area contributed by atoms with Gasteiger partial charge in [0.05, 0.1) is 7.11 Å². The molecule has 1 rings (SSSR count). The molecule has 0 aliphatic rings. The summed E-state index contributed by atoms with van der Waals surface area (Å²) in [5, 5.41) is 2.96. The molecule has 0 saturated carbocycles. The Balaban J connectivity index is 2.95. The zero-order valence-corrected chi connectivity index (χ0v) is 13.6. The fourth-order valence-electron chi connectivity index (χ4n) is 1.67. The number of amides is 2. The smallest absolute Gasteiger partial charge is 0.320 e. The van der Waals surface area contributed by atoms with Crippen molar-refractivity contribution < 1.29 is 19.4 Å². The summed E-state index contributed by atoms with van der Waals surface area (Å²) >= 11 is 6.09. The van der Waals surface area contributed by atoms with E-state index in [0.29, 0.717) is 10.7 Å². The van der Waals surface area contributed by atoms with Crippen molar-refractivity contribution in [2.75, 3.05) is 18.6 Å². The molecule has 1 N–H and O–H groups in total. The predicted octanol–water partition coefficient (Wildman–Crippen LogP) is 3.19. The second kappa shape index (κ2) is 8.41. The number of carbonyl (C=O) groups is 2. The fourth-order valence-corrected chi connectivity index (χ4v) is 1.85. The van der Waals surface area contributed by atoms with Crippen LogP contribution in [0.5, 0.6) is 0 Å². The van der Waals surface area contributed by atoms with E-state index in [-0.39, 0.29) is 24.6 Å². The number of benzene rings is 1. The van der Waals surface area contributed by atoms with Gasteiger partial charge in [0.15, 0.2) is 0 Å². The Labute approximate surface area is 134 Å². The van der Waals surface area contributed by atoms with E-state index in [0.717, 1.165) is 5.56 Å². The van der Waals surface area contributed by atoms with Crippen molar-refractivity contribution in [2.45, 2.75) is 20.3 Å². The largest absolute Gasteiger partial charge is 0.328 e. The van der Waals surface area contributed by atoms with Crippen molar-refractivity contribution in [2.24, 2.45) is 0 Å². The van der Waals surface area contributed by atoms with Crippen LogP contribution in [0.2, 0.25) is 5.02 Å². The van der Waals surface area contributed by atoms with E-state index in [9.17, 15) is 9.59 Å². The summed E-state index contributed by atoms with van der Waals surface area (Å²) in [6.45, 7) is 7.02. The van der Waals surface area contributed by atoms with Gasteiger partial charge in [0.25, 0.3) is 0 Å². The molecule has 0 aliphatic carbocycles. The third-order valence-electron chi connectivity index (χ3n) is 2.83. The molecule has 1 aromatic carbocycles. The highest BCUT2D eigenvalue weighted by molar-refractivity contribution is 6.31. The van der Waals surface area contributed by atoms with E-state index in [1.807, 2.05) is 6.92 Å². The summed E-state index contributed by atoms with van der Waals surface area (Å²) in [5.41, 5.74) is 1.46. The second-order valence-corrected chi connectivity index (χ2v) is 5.05. The maximum Gasteiger partial charge on any atom is 0.328 e. The summed E-state index contributed by atoms with van der Waals surface area (Å²) in [6.07, 6.45) is 0.219. The molecular formula is C15H19ClN2O4. The summed E-state index contributed by atoms with van der Waals surface area (Å²) in [6, 6.07) is 4.71. The van der Waals surface area contributed by atoms with E-state index in [2.05, 4.69) is 21.7 Å². The van der Waals surface area contributed by atoms with E-state index in [4.69, 9.17) is 11.6 Å². The number of anilines is 1. The third-order valence-corrected chi connectivity index (χ3v) is 3.24. The molecular weight excluding hydrogens is 308 g/mol. The number of carbonyl (C=O) groups excluding carboxylic acids is 2. The van der Waals surface area contributed by atoms with Gasteiger partial charge in [-0.2, -0.15) is 4.89 Å². The fraction of sp³-hybridized carbons (Fsp3) is 0.333. The van der Waals surface area contributed by atoms with Gasteiger partial charge in [-0.3, -0.25) is 15.0 Å². The average Bonchev–Trinajstić information content (AvgIpc) is 2.42. The van der Waals surface area contributed by atoms with E-state index in [1.54, 1.807) is 18.2 Å². The lowest BCUT2D eigenvalue weighted by atomic mass is 10.2. The molecule has 0 heterocycles. The summed E-state index contributed by atoms with van der Waals surface area (Å²) < 4.78 is 0. The van der Waals surface area contributed by atoms with Gasteiger partial charge < -0.3 is 4.89 Å². The molecule has 0 unspecified atom stereocenters. The minimum atomic E-state index is -0.497. The van der Waals surface area contributed by atoms with Crippen LogP contribution in [0.4, 0.5) is 10.5 Å². The SMILES string of the molecule is C=C(NC(=O)N(CCC(C)=O)c1ccc(C)c(Cl)c1)OOC. The Hall–Kier alpha value is -2.05. The molecule has 0 fully saturated rings. The number of hydrogen-bond donors (Lipinski definition) is 1. The number of Topliss-reactive ketones (excluding diaryl/α,β-unsaturated/α-hetero) is 1. The zero-order valence-electron chi connectivity index (χ0n) is 12.8. The van der Waals surface area contributed by atoms with Gasteiger partial charge in [-0.1, -0.05) is 17.7 Å². The number of nitrogens with one attached hydrogen (secondary N) is 1. The van der Waals surface area contributed by atoms with Crippen molar-refractivity contribution >= 4 is 29.1 Å². The van der Waals surface area contributed by atoms with Crippen molar-refractivity contribution in [1.82, 2.24) is 5.32 Å². The number of ketones is 1. The number of urea groups is 1. The maximum absolute atomic E-state index is 12.3. The maximum atomic E-state index is 12.3. The van der Waals surface area contributed by atoms with Crippen LogP contribution in [0.1, 0.15) is 18.9 Å². The van der Waals surface area contributed by atoms with Gasteiger partial charge in [0.2, 0.25) is 5.88 Å². The predicted molar refractivity (Wildman–Crippen MR) is 84.6 cm³/mol. The standard InChI is InChI=1S/C15H19ClN2O4/c1-10-5-6-13(9-14(10)16)18(8-7-11(2)19)15(20)17-12(3)22-21-4/h5-6,9H,3,7-8H2,1-2,4H3,(H,17,20). The molecule has 0 radical (unpaired) electrons. The quantitative estimate of drug-likeness (QED) is 0.474. The molecule has 6 nitrogen and oxygen atoms in total. The van der Waals surface area contributed by atoms with Crippen LogP contribution in [-0.2, 0) is 14.6 Å². The summed E-state index contributed by atoms with van der Waals surface area (Å²) in [7, 11) is 1.30. The van der Waals surface area contributed by atoms with Gasteiger partial charge in [-0.15, -0.1) is 0 Å². The Morgan fingerprint density at radius 1 is 1.41 bits per heavy atom.